The van der Waals surface area contributed by atoms with Crippen molar-refractivity contribution in [2.75, 3.05) is 0 Å². The van der Waals surface area contributed by atoms with Gasteiger partial charge in [-0.25, -0.2) is 0 Å². The molecule has 1 saturated carbocycles. The van der Waals surface area contributed by atoms with Crippen LogP contribution < -0.4 is 0 Å². The minimum Gasteiger partial charge on any atom is -0.268 e. The molecular weight excluding hydrogens is 324 g/mol. The van der Waals surface area contributed by atoms with Crippen LogP contribution in [0.3, 0.4) is 0 Å². The highest BCUT2D eigenvalue weighted by molar-refractivity contribution is 9.10. The van der Waals surface area contributed by atoms with Gasteiger partial charge in [0.15, 0.2) is 0 Å². The number of aromatic nitrogens is 2. The molecule has 0 bridgehead atoms. The number of aryl methyl sites for hydroxylation is 2. The molecule has 2 nitrogen and oxygen atoms in total. The lowest BCUT2D eigenvalue weighted by Gasteiger charge is -2.32. The lowest BCUT2D eigenvalue weighted by molar-refractivity contribution is 0.261. The third-order valence-corrected chi connectivity index (χ3v) is 6.09. The van der Waals surface area contributed by atoms with E-state index in [0.717, 1.165) is 24.6 Å². The van der Waals surface area contributed by atoms with Gasteiger partial charge in [-0.1, -0.05) is 13.3 Å². The van der Waals surface area contributed by atoms with E-state index < -0.39 is 0 Å². The molecule has 0 aliphatic heterocycles. The first-order valence-electron chi connectivity index (χ1n) is 7.42. The maximum Gasteiger partial charge on any atom is 0.0738 e. The van der Waals surface area contributed by atoms with E-state index in [0.29, 0.717) is 11.3 Å². The molecular formula is C15H24BrClN2. The molecule has 3 unspecified atom stereocenters. The summed E-state index contributed by atoms with van der Waals surface area (Å²) < 4.78 is 3.30. The number of hydrogen-bond donors (Lipinski definition) is 0. The number of rotatable bonds is 4. The van der Waals surface area contributed by atoms with Crippen LogP contribution in [0.2, 0.25) is 0 Å². The monoisotopic (exact) mass is 346 g/mol. The molecule has 1 heterocycles. The van der Waals surface area contributed by atoms with E-state index in [1.807, 2.05) is 0 Å². The minimum absolute atomic E-state index is 0.329. The van der Waals surface area contributed by atoms with Gasteiger partial charge in [-0.05, 0) is 67.3 Å². The normalized spacial score (nSPS) is 27.7. The zero-order valence-electron chi connectivity index (χ0n) is 12.1. The molecule has 1 fully saturated rings. The fraction of sp³-hybridized carbons (Fsp3) is 0.800. The summed E-state index contributed by atoms with van der Waals surface area (Å²) >= 11 is 10.3. The summed E-state index contributed by atoms with van der Waals surface area (Å²) in [5.41, 5.74) is 2.42. The number of hydrogen-bond acceptors (Lipinski definition) is 1. The van der Waals surface area contributed by atoms with E-state index >= 15 is 0 Å². The van der Waals surface area contributed by atoms with Crippen LogP contribution in [0, 0.1) is 18.8 Å². The van der Waals surface area contributed by atoms with E-state index in [-0.39, 0.29) is 0 Å². The third kappa shape index (κ3) is 3.36. The zero-order chi connectivity index (χ0) is 14.0. The Kier molecular flexibility index (Phi) is 5.36. The molecule has 1 aliphatic rings. The van der Waals surface area contributed by atoms with Gasteiger partial charge in [-0.3, -0.25) is 4.68 Å². The van der Waals surface area contributed by atoms with Gasteiger partial charge in [0.1, 0.15) is 0 Å². The first kappa shape index (κ1) is 15.4. The summed E-state index contributed by atoms with van der Waals surface area (Å²) in [6, 6.07) is 0. The first-order chi connectivity index (χ1) is 9.06. The SMILES string of the molecule is CCC1CCC(Cl)C(Cc2c(Br)c(C)nn2CC)C1. The van der Waals surface area contributed by atoms with Gasteiger partial charge in [-0.15, -0.1) is 11.6 Å². The Hall–Kier alpha value is -0.0200. The number of halogens is 2. The fourth-order valence-electron chi connectivity index (χ4n) is 3.22. The molecule has 0 N–H and O–H groups in total. The molecule has 0 radical (unpaired) electrons. The molecule has 0 aromatic carbocycles. The number of nitrogens with zero attached hydrogens (tertiary/aromatic N) is 2. The molecule has 3 atom stereocenters. The second-order valence-electron chi connectivity index (χ2n) is 5.73. The molecule has 0 spiro atoms. The summed E-state index contributed by atoms with van der Waals surface area (Å²) in [6.45, 7) is 7.44. The molecule has 1 aliphatic carbocycles. The highest BCUT2D eigenvalue weighted by atomic mass is 79.9. The van der Waals surface area contributed by atoms with Crippen molar-refractivity contribution in [3.8, 4) is 0 Å². The zero-order valence-corrected chi connectivity index (χ0v) is 14.5. The Morgan fingerprint density at radius 2 is 2.11 bits per heavy atom. The standard InChI is InChI=1S/C15H24BrClN2/c1-4-11-6-7-13(17)12(8-11)9-14-15(16)10(3)18-19(14)5-2/h11-13H,4-9H2,1-3H3. The average Bonchev–Trinajstić information content (AvgIpc) is 2.68. The Morgan fingerprint density at radius 1 is 1.37 bits per heavy atom. The Bertz CT molecular complexity index is 430. The molecule has 0 amide bonds. The van der Waals surface area contributed by atoms with Gasteiger partial charge in [0.2, 0.25) is 0 Å². The third-order valence-electron chi connectivity index (χ3n) is 4.48. The van der Waals surface area contributed by atoms with Crippen LogP contribution in [0.5, 0.6) is 0 Å². The Balaban J connectivity index is 2.15. The molecule has 2 rings (SSSR count). The summed E-state index contributed by atoms with van der Waals surface area (Å²) in [4.78, 5) is 0. The van der Waals surface area contributed by atoms with Crippen molar-refractivity contribution >= 4 is 27.5 Å². The quantitative estimate of drug-likeness (QED) is 0.705. The fourth-order valence-corrected chi connectivity index (χ4v) is 3.98. The predicted molar refractivity (Wildman–Crippen MR) is 84.8 cm³/mol. The van der Waals surface area contributed by atoms with Gasteiger partial charge in [0.05, 0.1) is 15.9 Å². The van der Waals surface area contributed by atoms with E-state index in [1.165, 1.54) is 35.8 Å². The predicted octanol–water partition coefficient (Wildman–Crippen LogP) is 4.95. The Labute approximate surface area is 130 Å². The van der Waals surface area contributed by atoms with Gasteiger partial charge < -0.3 is 0 Å². The number of alkyl halides is 1. The topological polar surface area (TPSA) is 17.8 Å². The van der Waals surface area contributed by atoms with Crippen molar-refractivity contribution in [3.63, 3.8) is 0 Å². The molecule has 4 heteroatoms. The van der Waals surface area contributed by atoms with Crippen molar-refractivity contribution in [3.05, 3.63) is 15.9 Å². The van der Waals surface area contributed by atoms with Crippen LogP contribution in [-0.2, 0) is 13.0 Å². The smallest absolute Gasteiger partial charge is 0.0738 e. The van der Waals surface area contributed by atoms with E-state index in [9.17, 15) is 0 Å². The maximum absolute atomic E-state index is 6.56. The second kappa shape index (κ2) is 6.62. The molecule has 19 heavy (non-hydrogen) atoms. The van der Waals surface area contributed by atoms with E-state index in [2.05, 4.69) is 46.5 Å². The van der Waals surface area contributed by atoms with Crippen molar-refractivity contribution < 1.29 is 0 Å². The highest BCUT2D eigenvalue weighted by Gasteiger charge is 2.30. The van der Waals surface area contributed by atoms with Crippen molar-refractivity contribution in [1.29, 1.82) is 0 Å². The molecule has 1 aromatic rings. The summed E-state index contributed by atoms with van der Waals surface area (Å²) in [7, 11) is 0. The molecule has 1 aromatic heterocycles. The van der Waals surface area contributed by atoms with Crippen LogP contribution in [0.15, 0.2) is 4.47 Å². The summed E-state index contributed by atoms with van der Waals surface area (Å²) in [6.07, 6.45) is 6.08. The van der Waals surface area contributed by atoms with Crippen LogP contribution >= 0.6 is 27.5 Å². The van der Waals surface area contributed by atoms with Gasteiger partial charge in [0.25, 0.3) is 0 Å². The summed E-state index contributed by atoms with van der Waals surface area (Å²) in [5.74, 6) is 1.45. The van der Waals surface area contributed by atoms with E-state index in [4.69, 9.17) is 11.6 Å². The van der Waals surface area contributed by atoms with Crippen molar-refractivity contribution in [1.82, 2.24) is 9.78 Å². The second-order valence-corrected chi connectivity index (χ2v) is 7.08. The van der Waals surface area contributed by atoms with Crippen LogP contribution in [0.1, 0.15) is 50.9 Å². The summed E-state index contributed by atoms with van der Waals surface area (Å²) in [5, 5.41) is 4.91. The lowest BCUT2D eigenvalue weighted by atomic mass is 9.78. The minimum atomic E-state index is 0.329. The molecule has 0 saturated heterocycles. The lowest BCUT2D eigenvalue weighted by Crippen LogP contribution is -2.27. The van der Waals surface area contributed by atoms with Crippen molar-refractivity contribution in [2.45, 2.75) is 64.8 Å². The van der Waals surface area contributed by atoms with Gasteiger partial charge >= 0.3 is 0 Å². The van der Waals surface area contributed by atoms with Crippen LogP contribution in [-0.4, -0.2) is 15.2 Å². The average molecular weight is 348 g/mol. The Morgan fingerprint density at radius 3 is 2.74 bits per heavy atom. The van der Waals surface area contributed by atoms with E-state index in [1.54, 1.807) is 0 Å². The van der Waals surface area contributed by atoms with Crippen molar-refractivity contribution in [2.24, 2.45) is 11.8 Å². The first-order valence-corrected chi connectivity index (χ1v) is 8.65. The maximum atomic E-state index is 6.56. The van der Waals surface area contributed by atoms with Gasteiger partial charge in [0, 0.05) is 11.9 Å². The molecule has 108 valence electrons. The van der Waals surface area contributed by atoms with Gasteiger partial charge in [-0.2, -0.15) is 5.10 Å². The van der Waals surface area contributed by atoms with Crippen LogP contribution in [0.4, 0.5) is 0 Å². The highest BCUT2D eigenvalue weighted by Crippen LogP contribution is 2.37. The largest absolute Gasteiger partial charge is 0.268 e. The van der Waals surface area contributed by atoms with Crippen LogP contribution in [0.25, 0.3) is 0 Å².